The predicted octanol–water partition coefficient (Wildman–Crippen LogP) is 4.23. The minimum atomic E-state index is -4.43. The highest BCUT2D eigenvalue weighted by atomic mass is 19.4. The second-order valence-electron chi connectivity index (χ2n) is 8.23. The minimum Gasteiger partial charge on any atom is -0.353 e. The van der Waals surface area contributed by atoms with E-state index in [-0.39, 0.29) is 30.2 Å². The van der Waals surface area contributed by atoms with Crippen molar-refractivity contribution in [3.8, 4) is 0 Å². The molecule has 2 aliphatic carbocycles. The molecule has 0 aliphatic heterocycles. The third-order valence-corrected chi connectivity index (χ3v) is 5.71. The number of benzene rings is 1. The smallest absolute Gasteiger partial charge is 0.353 e. The van der Waals surface area contributed by atoms with Gasteiger partial charge in [0.1, 0.15) is 6.54 Å². The Kier molecular flexibility index (Phi) is 5.68. The first-order valence-corrected chi connectivity index (χ1v) is 10.4. The minimum absolute atomic E-state index is 0.0190. The number of aromatic nitrogens is 1. The van der Waals surface area contributed by atoms with Gasteiger partial charge in [0.15, 0.2) is 0 Å². The maximum absolute atomic E-state index is 13.1. The molecule has 2 aliphatic rings. The largest absolute Gasteiger partial charge is 0.416 e. The lowest BCUT2D eigenvalue weighted by Crippen LogP contribution is -2.46. The van der Waals surface area contributed by atoms with Crippen LogP contribution in [0.5, 0.6) is 0 Å². The molecular weight excluding hydrogens is 409 g/mol. The fraction of sp³-hybridized carbons (Fsp3) is 0.455. The van der Waals surface area contributed by atoms with Crippen molar-refractivity contribution < 1.29 is 22.8 Å². The Hall–Kier alpha value is -2.97. The van der Waals surface area contributed by atoms with Crippen LogP contribution in [0.15, 0.2) is 42.6 Å². The van der Waals surface area contributed by atoms with Gasteiger partial charge in [-0.3, -0.25) is 4.79 Å². The fourth-order valence-electron chi connectivity index (χ4n) is 3.57. The number of halogens is 3. The summed E-state index contributed by atoms with van der Waals surface area (Å²) in [6.07, 6.45) is 1.04. The zero-order valence-electron chi connectivity index (χ0n) is 17.2. The zero-order chi connectivity index (χ0) is 22.2. The molecule has 3 amide bonds. The topological polar surface area (TPSA) is 57.6 Å². The van der Waals surface area contributed by atoms with Crippen molar-refractivity contribution in [3.63, 3.8) is 0 Å². The van der Waals surface area contributed by atoms with Gasteiger partial charge in [-0.1, -0.05) is 0 Å². The number of aryl methyl sites for hydroxylation is 1. The second-order valence-corrected chi connectivity index (χ2v) is 8.23. The number of amides is 3. The maximum atomic E-state index is 13.1. The van der Waals surface area contributed by atoms with E-state index in [4.69, 9.17) is 0 Å². The van der Waals surface area contributed by atoms with Crippen LogP contribution >= 0.6 is 0 Å². The monoisotopic (exact) mass is 434 g/mol. The van der Waals surface area contributed by atoms with Crippen molar-refractivity contribution in [1.29, 1.82) is 0 Å². The van der Waals surface area contributed by atoms with Gasteiger partial charge in [-0.25, -0.2) is 4.79 Å². The number of hydrogen-bond donors (Lipinski definition) is 1. The Labute approximate surface area is 178 Å². The quantitative estimate of drug-likeness (QED) is 0.709. The van der Waals surface area contributed by atoms with Crippen LogP contribution in [0, 0.1) is 0 Å². The Balaban J connectivity index is 1.41. The highest BCUT2D eigenvalue weighted by Gasteiger charge is 2.38. The van der Waals surface area contributed by atoms with Crippen LogP contribution < -0.4 is 5.32 Å². The van der Waals surface area contributed by atoms with Crippen molar-refractivity contribution in [1.82, 2.24) is 14.4 Å². The van der Waals surface area contributed by atoms with Crippen molar-refractivity contribution in [3.05, 3.63) is 53.9 Å². The van der Waals surface area contributed by atoms with E-state index in [1.807, 2.05) is 34.8 Å². The number of hydrogen-bond acceptors (Lipinski definition) is 2. The van der Waals surface area contributed by atoms with E-state index < -0.39 is 17.8 Å². The molecule has 1 N–H and O–H groups in total. The van der Waals surface area contributed by atoms with Crippen molar-refractivity contribution in [2.45, 2.75) is 50.5 Å². The number of carbonyl (C=O) groups excluding carboxylic acids is 2. The number of nitrogens with one attached hydrogen (secondary N) is 1. The number of urea groups is 1. The molecule has 1 heterocycles. The van der Waals surface area contributed by atoms with E-state index >= 15 is 0 Å². The zero-order valence-corrected chi connectivity index (χ0v) is 17.2. The maximum Gasteiger partial charge on any atom is 0.416 e. The molecule has 0 spiro atoms. The van der Waals surface area contributed by atoms with Gasteiger partial charge in [0, 0.05) is 36.7 Å². The van der Waals surface area contributed by atoms with Crippen molar-refractivity contribution >= 4 is 17.6 Å². The normalized spacial score (nSPS) is 16.1. The fourth-order valence-corrected chi connectivity index (χ4v) is 3.57. The van der Waals surface area contributed by atoms with Crippen LogP contribution in [0.4, 0.5) is 23.7 Å². The van der Waals surface area contributed by atoms with Crippen LogP contribution in [0.1, 0.15) is 36.9 Å². The van der Waals surface area contributed by atoms with Gasteiger partial charge in [-0.05, 0) is 62.1 Å². The third-order valence-electron chi connectivity index (χ3n) is 5.71. The molecule has 9 heteroatoms. The first-order chi connectivity index (χ1) is 14.7. The molecule has 31 heavy (non-hydrogen) atoms. The number of rotatable bonds is 7. The van der Waals surface area contributed by atoms with Gasteiger partial charge in [-0.2, -0.15) is 13.2 Å². The first-order valence-electron chi connectivity index (χ1n) is 10.4. The molecule has 1 aromatic carbocycles. The third kappa shape index (κ3) is 5.21. The van der Waals surface area contributed by atoms with Crippen LogP contribution in [0.25, 0.3) is 0 Å². The van der Waals surface area contributed by atoms with E-state index in [0.29, 0.717) is 6.54 Å². The average molecular weight is 434 g/mol. The number of carbonyl (C=O) groups is 2. The molecule has 0 unspecified atom stereocenters. The summed E-state index contributed by atoms with van der Waals surface area (Å²) >= 11 is 0. The van der Waals surface area contributed by atoms with Crippen molar-refractivity contribution in [2.75, 3.05) is 11.9 Å². The lowest BCUT2D eigenvalue weighted by Gasteiger charge is -2.28. The van der Waals surface area contributed by atoms with E-state index in [1.165, 1.54) is 17.0 Å². The Bertz CT molecular complexity index is 946. The molecule has 6 nitrogen and oxygen atoms in total. The van der Waals surface area contributed by atoms with Gasteiger partial charge in [0.05, 0.1) is 12.1 Å². The van der Waals surface area contributed by atoms with E-state index in [2.05, 4.69) is 5.32 Å². The lowest BCUT2D eigenvalue weighted by atomic mass is 10.2. The summed E-state index contributed by atoms with van der Waals surface area (Å²) in [6, 6.07) is 7.91. The molecule has 2 aromatic rings. The summed E-state index contributed by atoms with van der Waals surface area (Å²) in [4.78, 5) is 29.2. The van der Waals surface area contributed by atoms with Gasteiger partial charge in [0.2, 0.25) is 5.91 Å². The first kappa shape index (κ1) is 21.3. The van der Waals surface area contributed by atoms with Gasteiger partial charge >= 0.3 is 12.2 Å². The molecule has 1 aromatic heterocycles. The summed E-state index contributed by atoms with van der Waals surface area (Å²) in [6.45, 7) is 0.448. The average Bonchev–Trinajstić information content (AvgIpc) is 3.63. The molecule has 0 bridgehead atoms. The number of anilines is 1. The van der Waals surface area contributed by atoms with E-state index in [9.17, 15) is 22.8 Å². The Morgan fingerprint density at radius 3 is 2.16 bits per heavy atom. The summed E-state index contributed by atoms with van der Waals surface area (Å²) in [7, 11) is 1.93. The Morgan fingerprint density at radius 2 is 1.65 bits per heavy atom. The predicted molar refractivity (Wildman–Crippen MR) is 109 cm³/mol. The van der Waals surface area contributed by atoms with Crippen LogP contribution in [-0.2, 0) is 24.6 Å². The van der Waals surface area contributed by atoms with E-state index in [0.717, 1.165) is 43.5 Å². The van der Waals surface area contributed by atoms with Gasteiger partial charge in [0.25, 0.3) is 0 Å². The molecule has 0 atom stereocenters. The lowest BCUT2D eigenvalue weighted by molar-refractivity contribution is -0.137. The molecule has 0 saturated heterocycles. The second kappa shape index (κ2) is 8.28. The highest BCUT2D eigenvalue weighted by Crippen LogP contribution is 2.32. The molecule has 2 fully saturated rings. The molecule has 166 valence electrons. The summed E-state index contributed by atoms with van der Waals surface area (Å²) < 4.78 is 40.2. The summed E-state index contributed by atoms with van der Waals surface area (Å²) in [5, 5.41) is 2.63. The molecular formula is C22H25F3N4O2. The molecule has 0 radical (unpaired) electrons. The number of alkyl halides is 3. The molecule has 4 rings (SSSR count). The van der Waals surface area contributed by atoms with Gasteiger partial charge < -0.3 is 19.7 Å². The summed E-state index contributed by atoms with van der Waals surface area (Å²) in [5.74, 6) is -0.113. The van der Waals surface area contributed by atoms with Crippen LogP contribution in [0.3, 0.4) is 0 Å². The highest BCUT2D eigenvalue weighted by molar-refractivity contribution is 5.93. The molecule has 2 saturated carbocycles. The Morgan fingerprint density at radius 1 is 1.03 bits per heavy atom. The van der Waals surface area contributed by atoms with Gasteiger partial charge in [-0.15, -0.1) is 0 Å². The standard InChI is InChI=1S/C22H25F3N4O2/c1-27-12-2-3-19(27)13-28(17-8-9-17)20(30)14-29(18-10-11-18)21(31)26-16-6-4-15(5-7-16)22(23,24)25/h2-7,12,17-18H,8-11,13-14H2,1H3,(H,26,31). The SMILES string of the molecule is Cn1cccc1CN(C(=O)CN(C(=O)Nc1ccc(C(F)(F)F)cc1)C1CC1)C1CC1. The van der Waals surface area contributed by atoms with Crippen molar-refractivity contribution in [2.24, 2.45) is 7.05 Å². The van der Waals surface area contributed by atoms with Crippen LogP contribution in [0.2, 0.25) is 0 Å². The van der Waals surface area contributed by atoms with Crippen LogP contribution in [-0.4, -0.2) is 44.9 Å². The van der Waals surface area contributed by atoms with E-state index in [1.54, 1.807) is 0 Å². The number of nitrogens with zero attached hydrogens (tertiary/aromatic N) is 3. The summed E-state index contributed by atoms with van der Waals surface area (Å²) in [5.41, 5.74) is 0.506.